The molecule has 1 saturated heterocycles. The summed E-state index contributed by atoms with van der Waals surface area (Å²) < 4.78 is 31.6. The second-order valence-electron chi connectivity index (χ2n) is 6.02. The average Bonchev–Trinajstić information content (AvgIpc) is 3.22. The largest absolute Gasteiger partial charge is 0.457 e. The van der Waals surface area contributed by atoms with Gasteiger partial charge in [0.05, 0.1) is 22.1 Å². The number of carbonyl (C=O) groups is 1. The van der Waals surface area contributed by atoms with Crippen LogP contribution < -0.4 is 0 Å². The van der Waals surface area contributed by atoms with Crippen LogP contribution in [0.25, 0.3) is 0 Å². The molecular weight excluding hydrogens is 352 g/mol. The predicted octanol–water partition coefficient (Wildman–Crippen LogP) is 2.70. The fourth-order valence-corrected chi connectivity index (χ4v) is 4.32. The van der Waals surface area contributed by atoms with Gasteiger partial charge in [-0.15, -0.1) is 0 Å². The SMILES string of the molecule is N#Cc1cccc(COC(=O)c2ccc(S(=O)(=O)N3CCCC3)cc2)c1. The first kappa shape index (κ1) is 18.1. The van der Waals surface area contributed by atoms with Gasteiger partial charge in [-0.3, -0.25) is 0 Å². The number of ether oxygens (including phenoxy) is 1. The number of carbonyl (C=O) groups excluding carboxylic acids is 1. The molecule has 0 aromatic heterocycles. The lowest BCUT2D eigenvalue weighted by Crippen LogP contribution is -2.27. The Bertz CT molecular complexity index is 940. The van der Waals surface area contributed by atoms with Gasteiger partial charge in [0.2, 0.25) is 10.0 Å². The van der Waals surface area contributed by atoms with Gasteiger partial charge in [-0.1, -0.05) is 12.1 Å². The number of hydrogen-bond donors (Lipinski definition) is 0. The first-order valence-electron chi connectivity index (χ1n) is 8.27. The Balaban J connectivity index is 1.66. The van der Waals surface area contributed by atoms with Gasteiger partial charge < -0.3 is 4.74 Å². The van der Waals surface area contributed by atoms with Crippen LogP contribution in [0.4, 0.5) is 0 Å². The third-order valence-corrected chi connectivity index (χ3v) is 6.13. The standard InChI is InChI=1S/C19H18N2O4S/c20-13-15-4-3-5-16(12-15)14-25-19(22)17-6-8-18(9-7-17)26(23,24)21-10-1-2-11-21/h3-9,12H,1-2,10-11,14H2. The molecule has 7 heteroatoms. The Labute approximate surface area is 152 Å². The topological polar surface area (TPSA) is 87.5 Å². The minimum absolute atomic E-state index is 0.0438. The van der Waals surface area contributed by atoms with Crippen molar-refractivity contribution in [3.05, 3.63) is 65.2 Å². The zero-order valence-electron chi connectivity index (χ0n) is 14.1. The van der Waals surface area contributed by atoms with Crippen molar-refractivity contribution in [1.29, 1.82) is 5.26 Å². The number of esters is 1. The van der Waals surface area contributed by atoms with E-state index >= 15 is 0 Å². The van der Waals surface area contributed by atoms with Gasteiger partial charge in [0.25, 0.3) is 0 Å². The summed E-state index contributed by atoms with van der Waals surface area (Å²) in [6, 6.07) is 14.6. The molecule has 1 heterocycles. The maximum atomic E-state index is 12.5. The van der Waals surface area contributed by atoms with Gasteiger partial charge in [0.15, 0.2) is 0 Å². The van der Waals surface area contributed by atoms with E-state index in [1.807, 2.05) is 6.07 Å². The molecule has 0 saturated carbocycles. The molecule has 1 aliphatic heterocycles. The summed E-state index contributed by atoms with van der Waals surface area (Å²) >= 11 is 0. The van der Waals surface area contributed by atoms with Gasteiger partial charge in [0, 0.05) is 13.1 Å². The van der Waals surface area contributed by atoms with Crippen molar-refractivity contribution in [1.82, 2.24) is 4.31 Å². The molecule has 3 rings (SSSR count). The van der Waals surface area contributed by atoms with Crippen LogP contribution in [0.5, 0.6) is 0 Å². The number of nitrogens with zero attached hydrogens (tertiary/aromatic N) is 2. The highest BCUT2D eigenvalue weighted by Gasteiger charge is 2.27. The van der Waals surface area contributed by atoms with Gasteiger partial charge >= 0.3 is 5.97 Å². The fraction of sp³-hybridized carbons (Fsp3) is 0.263. The Morgan fingerprint density at radius 2 is 1.81 bits per heavy atom. The normalized spacial score (nSPS) is 14.7. The van der Waals surface area contributed by atoms with E-state index in [-0.39, 0.29) is 17.1 Å². The molecule has 1 aliphatic rings. The summed E-state index contributed by atoms with van der Waals surface area (Å²) in [5, 5.41) is 8.88. The fourth-order valence-electron chi connectivity index (χ4n) is 2.80. The summed E-state index contributed by atoms with van der Waals surface area (Å²) in [6.07, 6.45) is 1.74. The third-order valence-electron chi connectivity index (χ3n) is 4.22. The highest BCUT2D eigenvalue weighted by molar-refractivity contribution is 7.89. The van der Waals surface area contributed by atoms with Gasteiger partial charge in [-0.25, -0.2) is 13.2 Å². The quantitative estimate of drug-likeness (QED) is 0.755. The predicted molar refractivity (Wildman–Crippen MR) is 94.7 cm³/mol. The van der Waals surface area contributed by atoms with Crippen molar-refractivity contribution in [2.24, 2.45) is 0 Å². The number of rotatable bonds is 5. The van der Waals surface area contributed by atoms with Gasteiger partial charge in [-0.05, 0) is 54.8 Å². The van der Waals surface area contributed by atoms with Crippen LogP contribution in [-0.4, -0.2) is 31.8 Å². The smallest absolute Gasteiger partial charge is 0.338 e. The van der Waals surface area contributed by atoms with E-state index in [2.05, 4.69) is 0 Å². The molecule has 1 fully saturated rings. The van der Waals surface area contributed by atoms with Gasteiger partial charge in [0.1, 0.15) is 6.61 Å². The Hall–Kier alpha value is -2.69. The zero-order valence-corrected chi connectivity index (χ0v) is 14.9. The zero-order chi connectivity index (χ0) is 18.6. The average molecular weight is 370 g/mol. The lowest BCUT2D eigenvalue weighted by molar-refractivity contribution is 0.0472. The minimum atomic E-state index is -3.49. The minimum Gasteiger partial charge on any atom is -0.457 e. The van der Waals surface area contributed by atoms with Crippen molar-refractivity contribution in [2.45, 2.75) is 24.3 Å². The molecule has 2 aromatic carbocycles. The molecule has 0 bridgehead atoms. The molecule has 6 nitrogen and oxygen atoms in total. The number of sulfonamides is 1. The van der Waals surface area contributed by atoms with Crippen LogP contribution >= 0.6 is 0 Å². The van der Waals surface area contributed by atoms with E-state index in [0.717, 1.165) is 12.8 Å². The van der Waals surface area contributed by atoms with E-state index in [9.17, 15) is 13.2 Å². The van der Waals surface area contributed by atoms with Crippen LogP contribution in [0.1, 0.15) is 34.3 Å². The van der Waals surface area contributed by atoms with E-state index in [1.165, 1.54) is 28.6 Å². The molecule has 26 heavy (non-hydrogen) atoms. The van der Waals surface area contributed by atoms with Crippen LogP contribution in [0.3, 0.4) is 0 Å². The van der Waals surface area contributed by atoms with E-state index in [0.29, 0.717) is 24.2 Å². The molecule has 2 aromatic rings. The van der Waals surface area contributed by atoms with Crippen LogP contribution in [0.15, 0.2) is 53.4 Å². The highest BCUT2D eigenvalue weighted by atomic mass is 32.2. The second-order valence-corrected chi connectivity index (χ2v) is 7.96. The van der Waals surface area contributed by atoms with Crippen molar-refractivity contribution in [3.63, 3.8) is 0 Å². The third kappa shape index (κ3) is 3.93. The lowest BCUT2D eigenvalue weighted by atomic mass is 10.1. The monoisotopic (exact) mass is 370 g/mol. The van der Waals surface area contributed by atoms with Crippen molar-refractivity contribution in [2.75, 3.05) is 13.1 Å². The molecule has 0 N–H and O–H groups in total. The summed E-state index contributed by atoms with van der Waals surface area (Å²) in [7, 11) is -3.49. The van der Waals surface area contributed by atoms with E-state index < -0.39 is 16.0 Å². The van der Waals surface area contributed by atoms with E-state index in [4.69, 9.17) is 10.00 Å². The first-order valence-corrected chi connectivity index (χ1v) is 9.71. The molecule has 134 valence electrons. The lowest BCUT2D eigenvalue weighted by Gasteiger charge is -2.15. The molecule has 0 amide bonds. The molecular formula is C19H18N2O4S. The molecule has 0 unspecified atom stereocenters. The van der Waals surface area contributed by atoms with E-state index in [1.54, 1.807) is 24.3 Å². The Kier molecular flexibility index (Phi) is 5.35. The second kappa shape index (κ2) is 7.68. The first-order chi connectivity index (χ1) is 12.5. The maximum Gasteiger partial charge on any atom is 0.338 e. The molecule has 0 radical (unpaired) electrons. The van der Waals surface area contributed by atoms with Crippen molar-refractivity contribution in [3.8, 4) is 6.07 Å². The Morgan fingerprint density at radius 3 is 2.46 bits per heavy atom. The number of nitriles is 1. The molecule has 0 spiro atoms. The Morgan fingerprint density at radius 1 is 1.12 bits per heavy atom. The van der Waals surface area contributed by atoms with Crippen LogP contribution in [-0.2, 0) is 21.4 Å². The summed E-state index contributed by atoms with van der Waals surface area (Å²) in [5.41, 5.74) is 1.49. The van der Waals surface area contributed by atoms with Gasteiger partial charge in [-0.2, -0.15) is 9.57 Å². The maximum absolute atomic E-state index is 12.5. The van der Waals surface area contributed by atoms with Crippen LogP contribution in [0, 0.1) is 11.3 Å². The van der Waals surface area contributed by atoms with Crippen molar-refractivity contribution >= 4 is 16.0 Å². The summed E-state index contributed by atoms with van der Waals surface area (Å²) in [4.78, 5) is 12.3. The van der Waals surface area contributed by atoms with Crippen LogP contribution in [0.2, 0.25) is 0 Å². The van der Waals surface area contributed by atoms with Crippen molar-refractivity contribution < 1.29 is 17.9 Å². The number of benzene rings is 2. The highest BCUT2D eigenvalue weighted by Crippen LogP contribution is 2.21. The number of hydrogen-bond acceptors (Lipinski definition) is 5. The summed E-state index contributed by atoms with van der Waals surface area (Å²) in [6.45, 7) is 1.12. The summed E-state index contributed by atoms with van der Waals surface area (Å²) in [5.74, 6) is -0.544. The molecule has 0 aliphatic carbocycles. The molecule has 0 atom stereocenters.